The van der Waals surface area contributed by atoms with E-state index in [2.05, 4.69) is 31.2 Å². The van der Waals surface area contributed by atoms with Crippen molar-refractivity contribution < 1.29 is 9.53 Å². The largest absolute Gasteiger partial charge is 0.468 e. The number of aryl methyl sites for hydroxylation is 1. The zero-order valence-electron chi connectivity index (χ0n) is 11.5. The third kappa shape index (κ3) is 3.51. The van der Waals surface area contributed by atoms with Gasteiger partial charge >= 0.3 is 5.97 Å². The van der Waals surface area contributed by atoms with E-state index in [0.29, 0.717) is 11.7 Å². The molecule has 1 aliphatic carbocycles. The smallest absolute Gasteiger partial charge is 0.325 e. The fourth-order valence-corrected chi connectivity index (χ4v) is 3.90. The van der Waals surface area contributed by atoms with Gasteiger partial charge in [-0.15, -0.1) is 11.8 Å². The Kier molecular flexibility index (Phi) is 4.53. The summed E-state index contributed by atoms with van der Waals surface area (Å²) in [5, 5.41) is 0.389. The van der Waals surface area contributed by atoms with Crippen molar-refractivity contribution in [1.82, 2.24) is 0 Å². The van der Waals surface area contributed by atoms with Crippen LogP contribution in [0.25, 0.3) is 0 Å². The molecule has 0 bridgehead atoms. The van der Waals surface area contributed by atoms with Gasteiger partial charge in [0.1, 0.15) is 5.54 Å². The van der Waals surface area contributed by atoms with Gasteiger partial charge in [-0.1, -0.05) is 17.7 Å². The van der Waals surface area contributed by atoms with Crippen LogP contribution < -0.4 is 5.73 Å². The molecular weight excluding hydrogens is 258 g/mol. The molecule has 2 rings (SSSR count). The van der Waals surface area contributed by atoms with Crippen molar-refractivity contribution in [1.29, 1.82) is 0 Å². The van der Waals surface area contributed by atoms with Gasteiger partial charge in [0.25, 0.3) is 0 Å². The lowest BCUT2D eigenvalue weighted by molar-refractivity contribution is -0.148. The van der Waals surface area contributed by atoms with E-state index in [1.54, 1.807) is 0 Å². The van der Waals surface area contributed by atoms with Crippen LogP contribution in [0.15, 0.2) is 29.2 Å². The van der Waals surface area contributed by atoms with Crippen LogP contribution >= 0.6 is 11.8 Å². The van der Waals surface area contributed by atoms with Gasteiger partial charge in [-0.3, -0.25) is 4.79 Å². The molecule has 0 radical (unpaired) electrons. The predicted octanol–water partition coefficient (Wildman–Crippen LogP) is 2.90. The topological polar surface area (TPSA) is 52.3 Å². The SMILES string of the molecule is COC(=O)C1(N)CCCC(Sc2ccc(C)cc2)C1. The summed E-state index contributed by atoms with van der Waals surface area (Å²) in [6.07, 6.45) is 3.51. The number of hydrogen-bond acceptors (Lipinski definition) is 4. The summed E-state index contributed by atoms with van der Waals surface area (Å²) in [7, 11) is 1.41. The van der Waals surface area contributed by atoms with Gasteiger partial charge in [0, 0.05) is 10.1 Å². The van der Waals surface area contributed by atoms with E-state index in [1.165, 1.54) is 17.6 Å². The molecule has 1 aliphatic rings. The maximum Gasteiger partial charge on any atom is 0.325 e. The van der Waals surface area contributed by atoms with Crippen LogP contribution in [0, 0.1) is 6.92 Å². The molecule has 2 unspecified atom stereocenters. The van der Waals surface area contributed by atoms with Crippen molar-refractivity contribution in [3.05, 3.63) is 29.8 Å². The minimum Gasteiger partial charge on any atom is -0.468 e. The monoisotopic (exact) mass is 279 g/mol. The fraction of sp³-hybridized carbons (Fsp3) is 0.533. The first kappa shape index (κ1) is 14.4. The Labute approximate surface area is 118 Å². The molecule has 1 aromatic carbocycles. The summed E-state index contributed by atoms with van der Waals surface area (Å²) < 4.78 is 4.83. The summed E-state index contributed by atoms with van der Waals surface area (Å²) in [6.45, 7) is 2.08. The van der Waals surface area contributed by atoms with Crippen molar-refractivity contribution in [3.63, 3.8) is 0 Å². The minimum absolute atomic E-state index is 0.276. The molecule has 0 spiro atoms. The zero-order valence-corrected chi connectivity index (χ0v) is 12.3. The number of benzene rings is 1. The van der Waals surface area contributed by atoms with Crippen molar-refractivity contribution in [3.8, 4) is 0 Å². The van der Waals surface area contributed by atoms with Gasteiger partial charge in [0.2, 0.25) is 0 Å². The van der Waals surface area contributed by atoms with Gasteiger partial charge in [-0.05, 0) is 44.7 Å². The third-order valence-corrected chi connectivity index (χ3v) is 4.94. The quantitative estimate of drug-likeness (QED) is 0.864. The van der Waals surface area contributed by atoms with E-state index in [1.807, 2.05) is 11.8 Å². The second kappa shape index (κ2) is 5.97. The molecule has 0 amide bonds. The number of ether oxygens (including phenoxy) is 1. The van der Waals surface area contributed by atoms with E-state index in [0.717, 1.165) is 19.3 Å². The molecule has 104 valence electrons. The highest BCUT2D eigenvalue weighted by Gasteiger charge is 2.40. The summed E-state index contributed by atoms with van der Waals surface area (Å²) in [5.74, 6) is -0.276. The second-order valence-corrected chi connectivity index (χ2v) is 6.67. The first-order chi connectivity index (χ1) is 9.03. The minimum atomic E-state index is -0.796. The van der Waals surface area contributed by atoms with E-state index in [9.17, 15) is 4.79 Å². The number of esters is 1. The number of rotatable bonds is 3. The fourth-order valence-electron chi connectivity index (χ4n) is 2.55. The third-order valence-electron chi connectivity index (χ3n) is 3.66. The number of thioether (sulfide) groups is 1. The van der Waals surface area contributed by atoms with Crippen LogP contribution in [-0.2, 0) is 9.53 Å². The van der Waals surface area contributed by atoms with Crippen molar-refractivity contribution in [2.45, 2.75) is 48.3 Å². The summed E-state index contributed by atoms with van der Waals surface area (Å²) in [4.78, 5) is 13.0. The van der Waals surface area contributed by atoms with Crippen LogP contribution in [0.2, 0.25) is 0 Å². The molecule has 0 saturated heterocycles. The van der Waals surface area contributed by atoms with Crippen molar-refractivity contribution in [2.75, 3.05) is 7.11 Å². The Hall–Kier alpha value is -1.00. The molecule has 19 heavy (non-hydrogen) atoms. The predicted molar refractivity (Wildman–Crippen MR) is 78.2 cm³/mol. The Balaban J connectivity index is 2.01. The van der Waals surface area contributed by atoms with E-state index >= 15 is 0 Å². The highest BCUT2D eigenvalue weighted by Crippen LogP contribution is 2.37. The standard InChI is InChI=1S/C15H21NO2S/c1-11-5-7-12(8-6-11)19-13-4-3-9-15(16,10-13)14(17)18-2/h5-8,13H,3-4,9-10,16H2,1-2H3. The normalized spacial score (nSPS) is 27.0. The Morgan fingerprint density at radius 2 is 2.11 bits per heavy atom. The maximum atomic E-state index is 11.8. The zero-order chi connectivity index (χ0) is 13.9. The highest BCUT2D eigenvalue weighted by atomic mass is 32.2. The molecule has 3 nitrogen and oxygen atoms in total. The van der Waals surface area contributed by atoms with Crippen LogP contribution in [-0.4, -0.2) is 23.9 Å². The average molecular weight is 279 g/mol. The number of nitrogens with two attached hydrogens (primary N) is 1. The Morgan fingerprint density at radius 3 is 2.74 bits per heavy atom. The molecule has 2 atom stereocenters. The molecule has 2 N–H and O–H groups in total. The van der Waals surface area contributed by atoms with Crippen molar-refractivity contribution >= 4 is 17.7 Å². The molecule has 4 heteroatoms. The highest BCUT2D eigenvalue weighted by molar-refractivity contribution is 8.00. The van der Waals surface area contributed by atoms with Gasteiger partial charge < -0.3 is 10.5 Å². The molecule has 0 aromatic heterocycles. The first-order valence-electron chi connectivity index (χ1n) is 6.64. The summed E-state index contributed by atoms with van der Waals surface area (Å²) >= 11 is 1.82. The van der Waals surface area contributed by atoms with Gasteiger partial charge in [0.15, 0.2) is 0 Å². The summed E-state index contributed by atoms with van der Waals surface area (Å²) in [5.41, 5.74) is 6.66. The van der Waals surface area contributed by atoms with Crippen molar-refractivity contribution in [2.24, 2.45) is 5.73 Å². The second-order valence-electron chi connectivity index (χ2n) is 5.30. The van der Waals surface area contributed by atoms with E-state index < -0.39 is 5.54 Å². The lowest BCUT2D eigenvalue weighted by Gasteiger charge is -2.35. The lowest BCUT2D eigenvalue weighted by atomic mass is 9.82. The Morgan fingerprint density at radius 1 is 1.42 bits per heavy atom. The summed E-state index contributed by atoms with van der Waals surface area (Å²) in [6, 6.07) is 8.48. The number of methoxy groups -OCH3 is 1. The Bertz CT molecular complexity index is 446. The van der Waals surface area contributed by atoms with Gasteiger partial charge in [-0.25, -0.2) is 0 Å². The molecule has 1 aromatic rings. The van der Waals surface area contributed by atoms with Crippen LogP contribution in [0.1, 0.15) is 31.2 Å². The molecule has 0 heterocycles. The number of carbonyl (C=O) groups is 1. The molecular formula is C15H21NO2S. The first-order valence-corrected chi connectivity index (χ1v) is 7.52. The van der Waals surface area contributed by atoms with E-state index in [-0.39, 0.29) is 5.97 Å². The molecule has 1 fully saturated rings. The van der Waals surface area contributed by atoms with Crippen LogP contribution in [0.4, 0.5) is 0 Å². The number of carbonyl (C=O) groups excluding carboxylic acids is 1. The maximum absolute atomic E-state index is 11.8. The van der Waals surface area contributed by atoms with Crippen LogP contribution in [0.3, 0.4) is 0 Å². The average Bonchev–Trinajstić information content (AvgIpc) is 2.40. The number of hydrogen-bond donors (Lipinski definition) is 1. The molecule has 1 saturated carbocycles. The van der Waals surface area contributed by atoms with Crippen LogP contribution in [0.5, 0.6) is 0 Å². The molecule has 0 aliphatic heterocycles. The van der Waals surface area contributed by atoms with Gasteiger partial charge in [0.05, 0.1) is 7.11 Å². The van der Waals surface area contributed by atoms with Gasteiger partial charge in [-0.2, -0.15) is 0 Å². The lowest BCUT2D eigenvalue weighted by Crippen LogP contribution is -2.52. The van der Waals surface area contributed by atoms with E-state index in [4.69, 9.17) is 10.5 Å².